The zero-order valence-corrected chi connectivity index (χ0v) is 15.4. The third-order valence-corrected chi connectivity index (χ3v) is 4.79. The van der Waals surface area contributed by atoms with E-state index in [0.717, 1.165) is 22.5 Å². The Morgan fingerprint density at radius 3 is 1.38 bits per heavy atom. The molecule has 1 heterocycles. The highest BCUT2D eigenvalue weighted by molar-refractivity contribution is 5.88. The van der Waals surface area contributed by atoms with Crippen LogP contribution in [0.2, 0.25) is 0 Å². The van der Waals surface area contributed by atoms with Gasteiger partial charge in [0.25, 0.3) is 0 Å². The second-order valence-electron chi connectivity index (χ2n) is 6.77. The van der Waals surface area contributed by atoms with E-state index in [2.05, 4.69) is 6.67 Å². The number of hydrogen-bond donors (Lipinski definition) is 2. The number of aromatic carboxylic acids is 2. The number of fused-ring (bicyclic) bond motifs is 1. The van der Waals surface area contributed by atoms with E-state index < -0.39 is 11.9 Å². The van der Waals surface area contributed by atoms with Gasteiger partial charge in [-0.15, -0.1) is 0 Å². The molecule has 2 N–H and O–H groups in total. The smallest absolute Gasteiger partial charge is 0.335 e. The van der Waals surface area contributed by atoms with E-state index in [1.54, 1.807) is 48.5 Å². The molecule has 0 saturated carbocycles. The molecule has 0 spiro atoms. The molecular formula is C23H18N2O4. The lowest BCUT2D eigenvalue weighted by molar-refractivity contribution is 0.0686. The highest BCUT2D eigenvalue weighted by Crippen LogP contribution is 2.39. The Labute approximate surface area is 168 Å². The Kier molecular flexibility index (Phi) is 4.91. The van der Waals surface area contributed by atoms with Gasteiger partial charge in [-0.25, -0.2) is 9.59 Å². The maximum absolute atomic E-state index is 11.0. The van der Waals surface area contributed by atoms with Crippen molar-refractivity contribution in [1.29, 1.82) is 0 Å². The molecule has 6 nitrogen and oxygen atoms in total. The van der Waals surface area contributed by atoms with Crippen LogP contribution in [0.5, 0.6) is 0 Å². The summed E-state index contributed by atoms with van der Waals surface area (Å²) in [5.41, 5.74) is 4.49. The van der Waals surface area contributed by atoms with E-state index in [4.69, 9.17) is 10.2 Å². The molecule has 1 aliphatic heterocycles. The molecule has 1 aliphatic rings. The number of anilines is 2. The van der Waals surface area contributed by atoms with Crippen LogP contribution in [0.4, 0.5) is 11.4 Å². The van der Waals surface area contributed by atoms with Gasteiger partial charge in [-0.3, -0.25) is 0 Å². The van der Waals surface area contributed by atoms with Crippen LogP contribution in [0.3, 0.4) is 0 Å². The van der Waals surface area contributed by atoms with Gasteiger partial charge in [0.05, 0.1) is 22.5 Å². The van der Waals surface area contributed by atoms with Crippen LogP contribution in [-0.4, -0.2) is 22.2 Å². The topological polar surface area (TPSA) is 81.1 Å². The number of benzene rings is 3. The number of hydrogen-bond acceptors (Lipinski definition) is 4. The molecule has 0 atom stereocenters. The number of rotatable bonds is 6. The molecule has 0 fully saturated rings. The summed E-state index contributed by atoms with van der Waals surface area (Å²) in [4.78, 5) is 26.1. The first-order valence-electron chi connectivity index (χ1n) is 9.06. The van der Waals surface area contributed by atoms with Crippen LogP contribution in [0.1, 0.15) is 31.8 Å². The van der Waals surface area contributed by atoms with Gasteiger partial charge in [-0.05, 0) is 47.5 Å². The zero-order valence-electron chi connectivity index (χ0n) is 15.4. The summed E-state index contributed by atoms with van der Waals surface area (Å²) < 4.78 is 0. The first-order valence-corrected chi connectivity index (χ1v) is 9.06. The summed E-state index contributed by atoms with van der Waals surface area (Å²) in [5.74, 6) is -1.89. The molecule has 0 aromatic heterocycles. The lowest BCUT2D eigenvalue weighted by atomic mass is 10.1. The standard InChI is InChI=1S/C23H18N2O4/c26-22(27)18-9-5-16(6-10-18)13-24-15-25(21-4-2-1-3-20(21)24)14-17-7-11-19(12-8-17)23(28)29/h1-12H,13-14H2,(H,26,27)(H,28,29). The Morgan fingerprint density at radius 2 is 1.03 bits per heavy atom. The maximum Gasteiger partial charge on any atom is 0.335 e. The van der Waals surface area contributed by atoms with Crippen molar-refractivity contribution >= 4 is 23.3 Å². The minimum atomic E-state index is -0.943. The Morgan fingerprint density at radius 1 is 0.655 bits per heavy atom. The van der Waals surface area contributed by atoms with E-state index in [9.17, 15) is 9.59 Å². The fourth-order valence-electron chi connectivity index (χ4n) is 3.29. The van der Waals surface area contributed by atoms with Crippen LogP contribution in [0.25, 0.3) is 0 Å². The number of carboxylic acids is 2. The Bertz CT molecular complexity index is 961. The number of carboxylic acid groups (broad SMARTS) is 2. The van der Waals surface area contributed by atoms with Crippen molar-refractivity contribution < 1.29 is 19.8 Å². The van der Waals surface area contributed by atoms with Gasteiger partial charge in [-0.1, -0.05) is 36.4 Å². The van der Waals surface area contributed by atoms with Crippen molar-refractivity contribution in [1.82, 2.24) is 0 Å². The van der Waals surface area contributed by atoms with E-state index >= 15 is 0 Å². The number of carbonyl (C=O) groups is 2. The average molecular weight is 386 g/mol. The summed E-state index contributed by atoms with van der Waals surface area (Å²) in [7, 11) is 0. The molecule has 0 bridgehead atoms. The minimum absolute atomic E-state index is 0.259. The van der Waals surface area contributed by atoms with Gasteiger partial charge in [0.1, 0.15) is 0 Å². The Hall–Kier alpha value is -3.80. The SMILES string of the molecule is O=C(O)c1ccc(CN2[C]N(Cc3ccc(C(=O)O)cc3)c3ccccc32)cc1. The average Bonchev–Trinajstić information content (AvgIpc) is 3.06. The normalized spacial score (nSPS) is 12.7. The summed E-state index contributed by atoms with van der Waals surface area (Å²) in [6.07, 6.45) is 0. The summed E-state index contributed by atoms with van der Waals surface area (Å²) in [5, 5.41) is 18.1. The van der Waals surface area contributed by atoms with E-state index in [1.165, 1.54) is 0 Å². The monoisotopic (exact) mass is 386 g/mol. The molecule has 144 valence electrons. The van der Waals surface area contributed by atoms with Crippen molar-refractivity contribution in [2.24, 2.45) is 0 Å². The molecule has 29 heavy (non-hydrogen) atoms. The number of nitrogens with zero attached hydrogens (tertiary/aromatic N) is 2. The third kappa shape index (κ3) is 3.91. The maximum atomic E-state index is 11.0. The summed E-state index contributed by atoms with van der Waals surface area (Å²) in [6.45, 7) is 4.48. The molecule has 2 radical (unpaired) electrons. The lowest BCUT2D eigenvalue weighted by Gasteiger charge is -2.20. The quantitative estimate of drug-likeness (QED) is 0.664. The molecule has 3 aromatic rings. The molecule has 0 saturated heterocycles. The molecular weight excluding hydrogens is 368 g/mol. The van der Waals surface area contributed by atoms with Gasteiger partial charge in [-0.2, -0.15) is 0 Å². The van der Waals surface area contributed by atoms with Crippen LogP contribution in [0.15, 0.2) is 72.8 Å². The lowest BCUT2D eigenvalue weighted by Crippen LogP contribution is -2.24. The predicted octanol–water partition coefficient (Wildman–Crippen LogP) is 4.11. The van der Waals surface area contributed by atoms with Crippen molar-refractivity contribution in [2.75, 3.05) is 9.80 Å². The summed E-state index contributed by atoms with van der Waals surface area (Å²) >= 11 is 0. The van der Waals surface area contributed by atoms with Crippen LogP contribution >= 0.6 is 0 Å². The van der Waals surface area contributed by atoms with Crippen LogP contribution in [-0.2, 0) is 13.1 Å². The largest absolute Gasteiger partial charge is 0.478 e. The minimum Gasteiger partial charge on any atom is -0.478 e. The highest BCUT2D eigenvalue weighted by Gasteiger charge is 2.27. The van der Waals surface area contributed by atoms with Gasteiger partial charge >= 0.3 is 11.9 Å². The first-order chi connectivity index (χ1) is 14.0. The fraction of sp³-hybridized carbons (Fsp3) is 0.0870. The van der Waals surface area contributed by atoms with Crippen molar-refractivity contribution in [3.8, 4) is 0 Å². The second-order valence-corrected chi connectivity index (χ2v) is 6.77. The van der Waals surface area contributed by atoms with Gasteiger partial charge in [0.2, 0.25) is 6.67 Å². The van der Waals surface area contributed by atoms with Crippen molar-refractivity contribution in [3.63, 3.8) is 0 Å². The molecule has 0 aliphatic carbocycles. The predicted molar refractivity (Wildman–Crippen MR) is 109 cm³/mol. The second kappa shape index (κ2) is 7.67. The third-order valence-electron chi connectivity index (χ3n) is 4.79. The van der Waals surface area contributed by atoms with Crippen molar-refractivity contribution in [2.45, 2.75) is 13.1 Å². The van der Waals surface area contributed by atoms with Gasteiger partial charge in [0, 0.05) is 13.1 Å². The van der Waals surface area contributed by atoms with E-state index in [1.807, 2.05) is 34.1 Å². The van der Waals surface area contributed by atoms with Crippen LogP contribution < -0.4 is 9.80 Å². The summed E-state index contributed by atoms with van der Waals surface area (Å²) in [6, 6.07) is 21.6. The molecule has 0 amide bonds. The molecule has 0 unspecified atom stereocenters. The van der Waals surface area contributed by atoms with Gasteiger partial charge < -0.3 is 20.0 Å². The Balaban J connectivity index is 1.52. The molecule has 3 aromatic carbocycles. The molecule has 4 rings (SSSR count). The number of para-hydroxylation sites is 2. The van der Waals surface area contributed by atoms with Crippen LogP contribution in [0, 0.1) is 6.67 Å². The fourth-order valence-corrected chi connectivity index (χ4v) is 3.29. The van der Waals surface area contributed by atoms with Gasteiger partial charge in [0.15, 0.2) is 0 Å². The first kappa shape index (κ1) is 18.6. The van der Waals surface area contributed by atoms with Crippen molar-refractivity contribution in [3.05, 3.63) is 102 Å². The molecule has 6 heteroatoms. The highest BCUT2D eigenvalue weighted by atomic mass is 16.4. The van der Waals surface area contributed by atoms with E-state index in [-0.39, 0.29) is 11.1 Å². The zero-order chi connectivity index (χ0) is 20.4. The van der Waals surface area contributed by atoms with E-state index in [0.29, 0.717) is 13.1 Å².